The van der Waals surface area contributed by atoms with E-state index in [0.717, 1.165) is 19.3 Å². The number of nitrogens with zero attached hydrogens (tertiary/aromatic N) is 1. The molecule has 0 bridgehead atoms. The second kappa shape index (κ2) is 8.19. The fraction of sp³-hybridized carbons (Fsp3) is 0.316. The zero-order valence-electron chi connectivity index (χ0n) is 14.7. The van der Waals surface area contributed by atoms with Crippen molar-refractivity contribution >= 4 is 39.2 Å². The number of piperidine rings is 1. The van der Waals surface area contributed by atoms with Gasteiger partial charge in [-0.2, -0.15) is 4.31 Å². The second-order valence-corrected chi connectivity index (χ2v) is 9.16. The van der Waals surface area contributed by atoms with Gasteiger partial charge in [-0.25, -0.2) is 13.2 Å². The summed E-state index contributed by atoms with van der Waals surface area (Å²) in [7, 11) is -3.65. The van der Waals surface area contributed by atoms with Crippen LogP contribution in [-0.4, -0.2) is 31.8 Å². The van der Waals surface area contributed by atoms with Crippen molar-refractivity contribution in [1.82, 2.24) is 4.31 Å². The monoisotopic (exact) mass is 427 g/mol. The van der Waals surface area contributed by atoms with Gasteiger partial charge in [0.2, 0.25) is 10.0 Å². The van der Waals surface area contributed by atoms with Crippen LogP contribution in [0.2, 0.25) is 10.0 Å². The summed E-state index contributed by atoms with van der Waals surface area (Å²) in [5, 5.41) is 0.620. The summed E-state index contributed by atoms with van der Waals surface area (Å²) in [5.41, 5.74) is 0.726. The van der Waals surface area contributed by atoms with Gasteiger partial charge < -0.3 is 4.74 Å². The molecule has 0 saturated carbocycles. The fourth-order valence-corrected chi connectivity index (χ4v) is 5.18. The third-order valence-electron chi connectivity index (χ3n) is 4.45. The summed E-state index contributed by atoms with van der Waals surface area (Å²) in [6.07, 6.45) is 2.71. The van der Waals surface area contributed by atoms with Crippen molar-refractivity contribution in [1.29, 1.82) is 0 Å². The first-order valence-electron chi connectivity index (χ1n) is 8.57. The van der Waals surface area contributed by atoms with E-state index in [4.69, 9.17) is 27.9 Å². The number of aryl methyl sites for hydroxylation is 1. The van der Waals surface area contributed by atoms with Gasteiger partial charge in [0.05, 0.1) is 15.5 Å². The topological polar surface area (TPSA) is 63.7 Å². The third-order valence-corrected chi connectivity index (χ3v) is 7.02. The first kappa shape index (κ1) is 20.1. The summed E-state index contributed by atoms with van der Waals surface area (Å²) in [5.74, 6) is -0.526. The van der Waals surface area contributed by atoms with Crippen LogP contribution < -0.4 is 4.74 Å². The zero-order valence-corrected chi connectivity index (χ0v) is 17.1. The number of carbonyl (C=O) groups excluding carboxylic acids is 1. The van der Waals surface area contributed by atoms with Crippen molar-refractivity contribution in [3.05, 3.63) is 57.6 Å². The molecular weight excluding hydrogens is 409 g/mol. The third kappa shape index (κ3) is 4.46. The van der Waals surface area contributed by atoms with Crippen molar-refractivity contribution in [3.63, 3.8) is 0 Å². The van der Waals surface area contributed by atoms with Crippen molar-refractivity contribution in [2.45, 2.75) is 31.1 Å². The van der Waals surface area contributed by atoms with Crippen molar-refractivity contribution in [2.24, 2.45) is 0 Å². The van der Waals surface area contributed by atoms with E-state index in [1.807, 2.05) is 0 Å². The highest BCUT2D eigenvalue weighted by molar-refractivity contribution is 7.89. The van der Waals surface area contributed by atoms with Gasteiger partial charge in [-0.05, 0) is 55.7 Å². The van der Waals surface area contributed by atoms with Crippen LogP contribution in [-0.2, 0) is 10.0 Å². The lowest BCUT2D eigenvalue weighted by molar-refractivity contribution is 0.0734. The molecule has 0 aliphatic carbocycles. The first-order valence-corrected chi connectivity index (χ1v) is 10.8. The Hall–Kier alpha value is -1.60. The summed E-state index contributed by atoms with van der Waals surface area (Å²) < 4.78 is 32.7. The number of sulfonamides is 1. The van der Waals surface area contributed by atoms with Gasteiger partial charge in [0.25, 0.3) is 0 Å². The maximum absolute atomic E-state index is 13.0. The van der Waals surface area contributed by atoms with Crippen molar-refractivity contribution in [3.8, 4) is 5.75 Å². The maximum Gasteiger partial charge on any atom is 0.343 e. The van der Waals surface area contributed by atoms with E-state index in [1.165, 1.54) is 28.6 Å². The first-order chi connectivity index (χ1) is 12.8. The van der Waals surface area contributed by atoms with Gasteiger partial charge in [-0.1, -0.05) is 35.7 Å². The van der Waals surface area contributed by atoms with E-state index in [0.29, 0.717) is 23.7 Å². The molecule has 2 aromatic rings. The number of hydrogen-bond donors (Lipinski definition) is 0. The van der Waals surface area contributed by atoms with Crippen LogP contribution in [0.15, 0.2) is 41.3 Å². The highest BCUT2D eigenvalue weighted by Crippen LogP contribution is 2.29. The van der Waals surface area contributed by atoms with Crippen molar-refractivity contribution in [2.75, 3.05) is 13.1 Å². The van der Waals surface area contributed by atoms with Gasteiger partial charge in [-0.3, -0.25) is 0 Å². The van der Waals surface area contributed by atoms with Gasteiger partial charge in [-0.15, -0.1) is 0 Å². The SMILES string of the molecule is Cc1ccc(C(=O)Oc2ccc(Cl)cc2Cl)cc1S(=O)(=O)N1CCCCC1. The predicted octanol–water partition coefficient (Wildman–Crippen LogP) is 4.70. The van der Waals surface area contributed by atoms with E-state index in [1.54, 1.807) is 19.1 Å². The van der Waals surface area contributed by atoms with Crippen LogP contribution in [0.25, 0.3) is 0 Å². The largest absolute Gasteiger partial charge is 0.421 e. The normalized spacial score (nSPS) is 15.5. The quantitative estimate of drug-likeness (QED) is 0.523. The van der Waals surface area contributed by atoms with E-state index in [2.05, 4.69) is 0 Å². The number of carbonyl (C=O) groups is 1. The zero-order chi connectivity index (χ0) is 19.6. The van der Waals surface area contributed by atoms with Crippen LogP contribution in [0.4, 0.5) is 0 Å². The Labute approximate surface area is 168 Å². The molecule has 3 rings (SSSR count). The van der Waals surface area contributed by atoms with Gasteiger partial charge in [0.1, 0.15) is 5.75 Å². The second-order valence-electron chi connectivity index (χ2n) is 6.41. The minimum absolute atomic E-state index is 0.126. The maximum atomic E-state index is 13.0. The molecule has 2 aromatic carbocycles. The lowest BCUT2D eigenvalue weighted by Gasteiger charge is -2.26. The molecular formula is C19H19Cl2NO4S. The van der Waals surface area contributed by atoms with Crippen LogP contribution in [0.1, 0.15) is 35.2 Å². The Kier molecular flexibility index (Phi) is 6.11. The molecule has 5 nitrogen and oxygen atoms in total. The highest BCUT2D eigenvalue weighted by Gasteiger charge is 2.28. The van der Waals surface area contributed by atoms with Gasteiger partial charge >= 0.3 is 5.97 Å². The summed E-state index contributed by atoms with van der Waals surface area (Å²) in [6.45, 7) is 2.70. The molecule has 0 amide bonds. The average molecular weight is 428 g/mol. The van der Waals surface area contributed by atoms with Crippen LogP contribution >= 0.6 is 23.2 Å². The number of benzene rings is 2. The molecule has 0 aromatic heterocycles. The fourth-order valence-electron chi connectivity index (χ4n) is 2.97. The number of hydrogen-bond acceptors (Lipinski definition) is 4. The Morgan fingerprint density at radius 1 is 1.04 bits per heavy atom. The molecule has 0 atom stereocenters. The van der Waals surface area contributed by atoms with Crippen molar-refractivity contribution < 1.29 is 17.9 Å². The Morgan fingerprint density at radius 2 is 1.74 bits per heavy atom. The van der Waals surface area contributed by atoms with Gasteiger partial charge in [0.15, 0.2) is 0 Å². The Bertz CT molecular complexity index is 970. The van der Waals surface area contributed by atoms with Crippen LogP contribution in [0.5, 0.6) is 5.75 Å². The number of rotatable bonds is 4. The molecule has 27 heavy (non-hydrogen) atoms. The Balaban J connectivity index is 1.89. The summed E-state index contributed by atoms with van der Waals surface area (Å²) in [6, 6.07) is 9.02. The molecule has 144 valence electrons. The lowest BCUT2D eigenvalue weighted by Crippen LogP contribution is -2.36. The smallest absolute Gasteiger partial charge is 0.343 e. The standard InChI is InChI=1S/C19H19Cl2NO4S/c1-13-5-6-14(19(23)26-17-8-7-15(20)12-16(17)21)11-18(13)27(24,25)22-9-3-2-4-10-22/h5-8,11-12H,2-4,9-10H2,1H3. The van der Waals surface area contributed by atoms with Crippen LogP contribution in [0, 0.1) is 6.92 Å². The molecule has 1 aliphatic heterocycles. The molecule has 1 heterocycles. The van der Waals surface area contributed by atoms with E-state index < -0.39 is 16.0 Å². The molecule has 0 unspecified atom stereocenters. The number of esters is 1. The molecule has 0 radical (unpaired) electrons. The minimum atomic E-state index is -3.65. The van der Waals surface area contributed by atoms with E-state index in [9.17, 15) is 13.2 Å². The number of halogens is 2. The highest BCUT2D eigenvalue weighted by atomic mass is 35.5. The van der Waals surface area contributed by atoms with Gasteiger partial charge in [0, 0.05) is 18.1 Å². The summed E-state index contributed by atoms with van der Waals surface area (Å²) in [4.78, 5) is 12.6. The molecule has 1 aliphatic rings. The minimum Gasteiger partial charge on any atom is -0.421 e. The Morgan fingerprint density at radius 3 is 2.41 bits per heavy atom. The van der Waals surface area contributed by atoms with E-state index >= 15 is 0 Å². The van der Waals surface area contributed by atoms with Crippen LogP contribution in [0.3, 0.4) is 0 Å². The predicted molar refractivity (Wildman–Crippen MR) is 105 cm³/mol. The molecule has 8 heteroatoms. The average Bonchev–Trinajstić information content (AvgIpc) is 2.65. The van der Waals surface area contributed by atoms with E-state index in [-0.39, 0.29) is 21.2 Å². The molecule has 1 fully saturated rings. The summed E-state index contributed by atoms with van der Waals surface area (Å²) >= 11 is 11.9. The molecule has 1 saturated heterocycles. The molecule has 0 spiro atoms. The lowest BCUT2D eigenvalue weighted by atomic mass is 10.1. The molecule has 0 N–H and O–H groups in total. The number of ether oxygens (including phenoxy) is 1.